The van der Waals surface area contributed by atoms with E-state index in [0.717, 1.165) is 0 Å². The third-order valence-corrected chi connectivity index (χ3v) is 3.83. The van der Waals surface area contributed by atoms with Crippen molar-refractivity contribution in [3.8, 4) is 0 Å². The van der Waals surface area contributed by atoms with Crippen LogP contribution in [-0.2, 0) is 9.59 Å². The second-order valence-electron chi connectivity index (χ2n) is 3.98. The monoisotopic (exact) mass is 212 g/mol. The van der Waals surface area contributed by atoms with Crippen LogP contribution in [0, 0.1) is 16.7 Å². The molecule has 0 saturated heterocycles. The fraction of sp³-hybridized carbons (Fsp3) is 0.636. The maximum absolute atomic E-state index is 11.2. The number of carboxylic acid groups (broad SMARTS) is 2. The standard InChI is InChI=1S/C11H16O4/c1-4-7-10(5-2,6-3)11(7,8(12)13)9(14)15/h5,7H,2,4,6H2,1,3H3,(H,12,13)(H,14,15). The predicted octanol–water partition coefficient (Wildman–Crippen LogP) is 1.76. The first-order valence-corrected chi connectivity index (χ1v) is 5.06. The molecule has 0 radical (unpaired) electrons. The molecule has 4 heteroatoms. The summed E-state index contributed by atoms with van der Waals surface area (Å²) in [5.41, 5.74) is -2.43. The van der Waals surface area contributed by atoms with Crippen molar-refractivity contribution in [2.75, 3.05) is 0 Å². The van der Waals surface area contributed by atoms with Gasteiger partial charge in [-0.2, -0.15) is 0 Å². The van der Waals surface area contributed by atoms with Gasteiger partial charge in [-0.15, -0.1) is 6.58 Å². The maximum Gasteiger partial charge on any atom is 0.322 e. The first kappa shape index (κ1) is 11.8. The van der Waals surface area contributed by atoms with Crippen LogP contribution in [0.1, 0.15) is 26.7 Å². The molecule has 1 fully saturated rings. The molecule has 15 heavy (non-hydrogen) atoms. The molecule has 2 unspecified atom stereocenters. The summed E-state index contributed by atoms with van der Waals surface area (Å²) in [4.78, 5) is 22.4. The summed E-state index contributed by atoms with van der Waals surface area (Å²) in [5, 5.41) is 18.3. The largest absolute Gasteiger partial charge is 0.480 e. The third kappa shape index (κ3) is 1.02. The number of hydrogen-bond acceptors (Lipinski definition) is 2. The first-order valence-electron chi connectivity index (χ1n) is 5.06. The van der Waals surface area contributed by atoms with Crippen LogP contribution in [0.5, 0.6) is 0 Å². The second kappa shape index (κ2) is 3.36. The van der Waals surface area contributed by atoms with Gasteiger partial charge in [-0.25, -0.2) is 0 Å². The van der Waals surface area contributed by atoms with Crippen molar-refractivity contribution in [2.45, 2.75) is 26.7 Å². The van der Waals surface area contributed by atoms with Gasteiger partial charge in [-0.05, 0) is 12.3 Å². The maximum atomic E-state index is 11.2. The van der Waals surface area contributed by atoms with E-state index in [0.29, 0.717) is 12.8 Å². The molecule has 0 heterocycles. The minimum atomic E-state index is -1.65. The van der Waals surface area contributed by atoms with Crippen molar-refractivity contribution < 1.29 is 19.8 Å². The summed E-state index contributed by atoms with van der Waals surface area (Å²) in [6.07, 6.45) is 2.54. The van der Waals surface area contributed by atoms with Crippen LogP contribution in [0.25, 0.3) is 0 Å². The van der Waals surface area contributed by atoms with Crippen molar-refractivity contribution in [1.29, 1.82) is 0 Å². The molecule has 0 bridgehead atoms. The average molecular weight is 212 g/mol. The molecule has 0 aromatic heterocycles. The summed E-state index contributed by atoms with van der Waals surface area (Å²) in [6, 6.07) is 0. The Kier molecular flexibility index (Phi) is 2.63. The quantitative estimate of drug-likeness (QED) is 0.538. The lowest BCUT2D eigenvalue weighted by Crippen LogP contribution is -2.31. The molecule has 0 aliphatic heterocycles. The van der Waals surface area contributed by atoms with Crippen LogP contribution < -0.4 is 0 Å². The highest BCUT2D eigenvalue weighted by atomic mass is 16.4. The topological polar surface area (TPSA) is 74.6 Å². The van der Waals surface area contributed by atoms with Crippen molar-refractivity contribution >= 4 is 11.9 Å². The van der Waals surface area contributed by atoms with Crippen molar-refractivity contribution in [2.24, 2.45) is 16.7 Å². The van der Waals surface area contributed by atoms with E-state index >= 15 is 0 Å². The molecule has 1 saturated carbocycles. The van der Waals surface area contributed by atoms with Gasteiger partial charge in [-0.3, -0.25) is 9.59 Å². The molecule has 0 amide bonds. The Labute approximate surface area is 88.6 Å². The Balaban J connectivity index is 3.28. The number of aliphatic carboxylic acids is 2. The fourth-order valence-electron chi connectivity index (χ4n) is 3.07. The van der Waals surface area contributed by atoms with Gasteiger partial charge in [0.05, 0.1) is 0 Å². The number of rotatable bonds is 5. The zero-order chi connectivity index (χ0) is 11.9. The zero-order valence-corrected chi connectivity index (χ0v) is 8.99. The summed E-state index contributed by atoms with van der Waals surface area (Å²) in [5.74, 6) is -2.84. The lowest BCUT2D eigenvalue weighted by atomic mass is 9.90. The molecule has 2 atom stereocenters. The highest BCUT2D eigenvalue weighted by molar-refractivity contribution is 6.04. The molecule has 0 aromatic carbocycles. The lowest BCUT2D eigenvalue weighted by molar-refractivity contribution is -0.159. The van der Waals surface area contributed by atoms with E-state index in [1.807, 2.05) is 6.92 Å². The molecule has 0 spiro atoms. The van der Waals surface area contributed by atoms with E-state index < -0.39 is 22.8 Å². The smallest absolute Gasteiger partial charge is 0.322 e. The van der Waals surface area contributed by atoms with E-state index in [-0.39, 0.29) is 5.92 Å². The molecule has 4 nitrogen and oxygen atoms in total. The highest BCUT2D eigenvalue weighted by Gasteiger charge is 2.82. The van der Waals surface area contributed by atoms with E-state index in [4.69, 9.17) is 10.2 Å². The van der Waals surface area contributed by atoms with Gasteiger partial charge in [0, 0.05) is 5.41 Å². The lowest BCUT2D eigenvalue weighted by Gasteiger charge is -2.13. The Bertz CT molecular complexity index is 307. The van der Waals surface area contributed by atoms with Crippen LogP contribution in [-0.4, -0.2) is 22.2 Å². The van der Waals surface area contributed by atoms with Crippen LogP contribution in [0.15, 0.2) is 12.7 Å². The fourth-order valence-corrected chi connectivity index (χ4v) is 3.07. The molecule has 84 valence electrons. The molecule has 1 rings (SSSR count). The van der Waals surface area contributed by atoms with Gasteiger partial charge in [-0.1, -0.05) is 26.3 Å². The molecular formula is C11H16O4. The molecule has 2 N–H and O–H groups in total. The van der Waals surface area contributed by atoms with E-state index in [9.17, 15) is 9.59 Å². The Morgan fingerprint density at radius 1 is 1.33 bits per heavy atom. The molecule has 0 aromatic rings. The number of hydrogen-bond donors (Lipinski definition) is 2. The zero-order valence-electron chi connectivity index (χ0n) is 8.99. The van der Waals surface area contributed by atoms with E-state index in [1.165, 1.54) is 6.08 Å². The van der Waals surface area contributed by atoms with Gasteiger partial charge in [0.25, 0.3) is 0 Å². The highest BCUT2D eigenvalue weighted by Crippen LogP contribution is 2.73. The number of carbonyl (C=O) groups is 2. The second-order valence-corrected chi connectivity index (χ2v) is 3.98. The van der Waals surface area contributed by atoms with Gasteiger partial charge in [0.15, 0.2) is 5.41 Å². The van der Waals surface area contributed by atoms with Gasteiger partial charge < -0.3 is 10.2 Å². The average Bonchev–Trinajstić information content (AvgIpc) is 2.81. The predicted molar refractivity (Wildman–Crippen MR) is 54.4 cm³/mol. The van der Waals surface area contributed by atoms with Crippen LogP contribution in [0.2, 0.25) is 0 Å². The van der Waals surface area contributed by atoms with Gasteiger partial charge in [0.1, 0.15) is 0 Å². The van der Waals surface area contributed by atoms with E-state index in [2.05, 4.69) is 6.58 Å². The van der Waals surface area contributed by atoms with E-state index in [1.54, 1.807) is 6.92 Å². The normalized spacial score (nSPS) is 32.0. The molecular weight excluding hydrogens is 196 g/mol. The Morgan fingerprint density at radius 3 is 1.87 bits per heavy atom. The minimum Gasteiger partial charge on any atom is -0.480 e. The third-order valence-electron chi connectivity index (χ3n) is 3.83. The number of carboxylic acids is 2. The van der Waals surface area contributed by atoms with Crippen LogP contribution in [0.3, 0.4) is 0 Å². The summed E-state index contributed by atoms with van der Waals surface area (Å²) < 4.78 is 0. The first-order chi connectivity index (χ1) is 6.95. The Morgan fingerprint density at radius 2 is 1.80 bits per heavy atom. The number of allylic oxidation sites excluding steroid dienone is 1. The van der Waals surface area contributed by atoms with Crippen molar-refractivity contribution in [3.05, 3.63) is 12.7 Å². The van der Waals surface area contributed by atoms with Crippen molar-refractivity contribution in [3.63, 3.8) is 0 Å². The molecule has 1 aliphatic rings. The van der Waals surface area contributed by atoms with Crippen LogP contribution >= 0.6 is 0 Å². The SMILES string of the molecule is C=CC1(CC)C(CC)C1(C(=O)O)C(=O)O. The van der Waals surface area contributed by atoms with Gasteiger partial charge in [0.2, 0.25) is 0 Å². The minimum absolute atomic E-state index is 0.345. The summed E-state index contributed by atoms with van der Waals surface area (Å²) in [6.45, 7) is 7.21. The van der Waals surface area contributed by atoms with Crippen molar-refractivity contribution in [1.82, 2.24) is 0 Å². The Hall–Kier alpha value is -1.32. The van der Waals surface area contributed by atoms with Gasteiger partial charge >= 0.3 is 11.9 Å². The van der Waals surface area contributed by atoms with Crippen LogP contribution in [0.4, 0.5) is 0 Å². The summed E-state index contributed by atoms with van der Waals surface area (Å²) >= 11 is 0. The summed E-state index contributed by atoms with van der Waals surface area (Å²) in [7, 11) is 0. The molecule has 1 aliphatic carbocycles.